The van der Waals surface area contributed by atoms with Crippen LogP contribution in [-0.4, -0.2) is 27.9 Å². The molecule has 2 rings (SSSR count). The summed E-state index contributed by atoms with van der Waals surface area (Å²) in [5, 5.41) is 20.4. The largest absolute Gasteiger partial charge is 0.507 e. The zero-order valence-corrected chi connectivity index (χ0v) is 14.6. The highest BCUT2D eigenvalue weighted by molar-refractivity contribution is 6.31. The summed E-state index contributed by atoms with van der Waals surface area (Å²) < 4.78 is 40.2. The third kappa shape index (κ3) is 4.52. The molecule has 0 heterocycles. The minimum absolute atomic E-state index is 0.0146. The highest BCUT2D eigenvalue weighted by Crippen LogP contribution is 2.39. The van der Waals surface area contributed by atoms with Gasteiger partial charge >= 0.3 is 12.1 Å². The van der Waals surface area contributed by atoms with Crippen molar-refractivity contribution < 1.29 is 37.8 Å². The standard InChI is InChI=1S/C17H12ClF3N2O5/c18-7-1-4-11(24)8(5-7)16(28)14-9(17(19,20)21)2-3-10(15(14)22)23-12(25)6-13(26)27/h1-5,24H,6,22H2,(H,23,25)(H,26,27). The van der Waals surface area contributed by atoms with Gasteiger partial charge in [0.15, 0.2) is 5.78 Å². The number of aromatic hydroxyl groups is 1. The Bertz CT molecular complexity index is 976. The van der Waals surface area contributed by atoms with Gasteiger partial charge in [-0.05, 0) is 30.3 Å². The number of hydrogen-bond donors (Lipinski definition) is 4. The molecule has 0 radical (unpaired) electrons. The van der Waals surface area contributed by atoms with E-state index in [1.54, 1.807) is 0 Å². The number of nitrogens with two attached hydrogens (primary N) is 1. The molecule has 0 aliphatic heterocycles. The van der Waals surface area contributed by atoms with Crippen LogP contribution in [0, 0.1) is 0 Å². The molecule has 0 unspecified atom stereocenters. The molecule has 0 fully saturated rings. The van der Waals surface area contributed by atoms with Crippen LogP contribution < -0.4 is 11.1 Å². The van der Waals surface area contributed by atoms with Gasteiger partial charge in [-0.15, -0.1) is 0 Å². The van der Waals surface area contributed by atoms with E-state index in [9.17, 15) is 32.7 Å². The zero-order chi connectivity index (χ0) is 21.2. The molecule has 0 aliphatic rings. The van der Waals surface area contributed by atoms with E-state index >= 15 is 0 Å². The van der Waals surface area contributed by atoms with Crippen LogP contribution in [0.5, 0.6) is 5.75 Å². The van der Waals surface area contributed by atoms with Crippen LogP contribution in [0.2, 0.25) is 5.02 Å². The molecule has 148 valence electrons. The maximum atomic E-state index is 13.4. The number of nitrogen functional groups attached to an aromatic ring is 1. The van der Waals surface area contributed by atoms with Gasteiger partial charge in [-0.1, -0.05) is 11.6 Å². The van der Waals surface area contributed by atoms with Crippen molar-refractivity contribution in [1.29, 1.82) is 0 Å². The van der Waals surface area contributed by atoms with Crippen molar-refractivity contribution in [3.05, 3.63) is 52.0 Å². The number of nitrogens with one attached hydrogen (secondary N) is 1. The number of rotatable bonds is 5. The molecule has 11 heteroatoms. The lowest BCUT2D eigenvalue weighted by molar-refractivity contribution is -0.140. The highest BCUT2D eigenvalue weighted by Gasteiger charge is 2.38. The van der Waals surface area contributed by atoms with E-state index in [-0.39, 0.29) is 10.7 Å². The van der Waals surface area contributed by atoms with Gasteiger partial charge in [0, 0.05) is 5.02 Å². The number of carbonyl (C=O) groups excluding carboxylic acids is 2. The van der Waals surface area contributed by atoms with E-state index in [0.717, 1.165) is 18.2 Å². The Morgan fingerprint density at radius 3 is 2.36 bits per heavy atom. The molecule has 0 saturated heterocycles. The number of halogens is 4. The van der Waals surface area contributed by atoms with Crippen LogP contribution >= 0.6 is 11.6 Å². The van der Waals surface area contributed by atoms with Crippen molar-refractivity contribution in [3.8, 4) is 5.75 Å². The monoisotopic (exact) mass is 416 g/mol. The number of carboxylic acids is 1. The topological polar surface area (TPSA) is 130 Å². The van der Waals surface area contributed by atoms with Gasteiger partial charge in [0.2, 0.25) is 5.91 Å². The van der Waals surface area contributed by atoms with E-state index in [4.69, 9.17) is 22.4 Å². The van der Waals surface area contributed by atoms with Crippen LogP contribution in [0.25, 0.3) is 0 Å². The van der Waals surface area contributed by atoms with Crippen molar-refractivity contribution in [3.63, 3.8) is 0 Å². The molecule has 2 aromatic rings. The number of hydrogen-bond acceptors (Lipinski definition) is 5. The Morgan fingerprint density at radius 2 is 1.79 bits per heavy atom. The third-order valence-corrected chi connectivity index (χ3v) is 3.80. The zero-order valence-electron chi connectivity index (χ0n) is 13.8. The first-order valence-corrected chi connectivity index (χ1v) is 7.84. The molecule has 28 heavy (non-hydrogen) atoms. The maximum Gasteiger partial charge on any atom is 0.417 e. The molecule has 0 aromatic heterocycles. The number of alkyl halides is 3. The van der Waals surface area contributed by atoms with Crippen molar-refractivity contribution in [2.75, 3.05) is 11.1 Å². The van der Waals surface area contributed by atoms with Gasteiger partial charge in [0.1, 0.15) is 12.2 Å². The molecule has 2 aromatic carbocycles. The average molecular weight is 417 g/mol. The first kappa shape index (κ1) is 21.0. The second kappa shape index (κ2) is 7.77. The summed E-state index contributed by atoms with van der Waals surface area (Å²) in [5.41, 5.74) is 1.62. The van der Waals surface area contributed by atoms with Crippen molar-refractivity contribution in [2.45, 2.75) is 12.6 Å². The Hall–Kier alpha value is -3.27. The predicted molar refractivity (Wildman–Crippen MR) is 93.3 cm³/mol. The molecule has 0 atom stereocenters. The molecule has 5 N–H and O–H groups in total. The van der Waals surface area contributed by atoms with Gasteiger partial charge in [-0.2, -0.15) is 13.2 Å². The molecular weight excluding hydrogens is 405 g/mol. The average Bonchev–Trinajstić information content (AvgIpc) is 2.56. The summed E-state index contributed by atoms with van der Waals surface area (Å²) in [6.45, 7) is 0. The van der Waals surface area contributed by atoms with E-state index in [1.807, 2.05) is 5.32 Å². The van der Waals surface area contributed by atoms with Crippen LogP contribution in [0.15, 0.2) is 30.3 Å². The Labute approximate surface area is 160 Å². The quantitative estimate of drug-likeness (QED) is 0.336. The number of amides is 1. The van der Waals surface area contributed by atoms with Gasteiger partial charge in [-0.25, -0.2) is 0 Å². The van der Waals surface area contributed by atoms with Gasteiger partial charge in [0.05, 0.1) is 28.1 Å². The lowest BCUT2D eigenvalue weighted by Crippen LogP contribution is -2.20. The third-order valence-electron chi connectivity index (χ3n) is 3.57. The van der Waals surface area contributed by atoms with E-state index in [2.05, 4.69) is 0 Å². The minimum atomic E-state index is -4.98. The fourth-order valence-electron chi connectivity index (χ4n) is 2.37. The molecule has 7 nitrogen and oxygen atoms in total. The molecule has 0 aliphatic carbocycles. The lowest BCUT2D eigenvalue weighted by Gasteiger charge is -2.18. The number of aliphatic carboxylic acids is 1. The summed E-state index contributed by atoms with van der Waals surface area (Å²) in [6.07, 6.45) is -5.93. The number of phenols is 1. The lowest BCUT2D eigenvalue weighted by atomic mass is 9.94. The van der Waals surface area contributed by atoms with E-state index in [1.165, 1.54) is 6.07 Å². The Balaban J connectivity index is 2.63. The molecule has 0 spiro atoms. The van der Waals surface area contributed by atoms with Crippen molar-refractivity contribution in [2.24, 2.45) is 0 Å². The number of phenolic OH excluding ortho intramolecular Hbond substituents is 1. The van der Waals surface area contributed by atoms with Crippen molar-refractivity contribution >= 4 is 40.6 Å². The summed E-state index contributed by atoms with van der Waals surface area (Å²) in [5.74, 6) is -4.42. The van der Waals surface area contributed by atoms with E-state index < -0.39 is 58.4 Å². The molecular formula is C17H12ClF3N2O5. The first-order valence-electron chi connectivity index (χ1n) is 7.46. The van der Waals surface area contributed by atoms with E-state index in [0.29, 0.717) is 6.07 Å². The summed E-state index contributed by atoms with van der Waals surface area (Å²) in [4.78, 5) is 34.9. The van der Waals surface area contributed by atoms with Crippen LogP contribution in [0.1, 0.15) is 27.9 Å². The minimum Gasteiger partial charge on any atom is -0.507 e. The number of carbonyl (C=O) groups is 3. The summed E-state index contributed by atoms with van der Waals surface area (Å²) >= 11 is 5.74. The van der Waals surface area contributed by atoms with Gasteiger partial charge in [0.25, 0.3) is 0 Å². The molecule has 1 amide bonds. The van der Waals surface area contributed by atoms with Crippen LogP contribution in [0.4, 0.5) is 24.5 Å². The van der Waals surface area contributed by atoms with Crippen LogP contribution in [-0.2, 0) is 15.8 Å². The summed E-state index contributed by atoms with van der Waals surface area (Å²) in [6, 6.07) is 4.53. The van der Waals surface area contributed by atoms with Crippen LogP contribution in [0.3, 0.4) is 0 Å². The first-order chi connectivity index (χ1) is 12.9. The van der Waals surface area contributed by atoms with Crippen molar-refractivity contribution in [1.82, 2.24) is 0 Å². The second-order valence-corrected chi connectivity index (χ2v) is 5.99. The molecule has 0 saturated carbocycles. The number of ketones is 1. The number of carboxylic acid groups (broad SMARTS) is 1. The Kier molecular flexibility index (Phi) is 5.84. The maximum absolute atomic E-state index is 13.4. The number of anilines is 2. The smallest absolute Gasteiger partial charge is 0.417 e. The number of benzene rings is 2. The Morgan fingerprint density at radius 1 is 1.14 bits per heavy atom. The van der Waals surface area contributed by atoms with Gasteiger partial charge in [-0.3, -0.25) is 14.4 Å². The molecule has 0 bridgehead atoms. The fourth-order valence-corrected chi connectivity index (χ4v) is 2.54. The normalized spacial score (nSPS) is 11.1. The summed E-state index contributed by atoms with van der Waals surface area (Å²) in [7, 11) is 0. The fraction of sp³-hybridized carbons (Fsp3) is 0.118. The highest BCUT2D eigenvalue weighted by atomic mass is 35.5. The SMILES string of the molecule is Nc1c(NC(=O)CC(=O)O)ccc(C(F)(F)F)c1C(=O)c1cc(Cl)ccc1O. The predicted octanol–water partition coefficient (Wildman–Crippen LogP) is 3.29. The second-order valence-electron chi connectivity index (χ2n) is 5.56. The van der Waals surface area contributed by atoms with Gasteiger partial charge < -0.3 is 21.3 Å².